The lowest BCUT2D eigenvalue weighted by molar-refractivity contribution is 0.414. The SMILES string of the molecule is COc1ccc2c(c1)-c1c(cnn1C[C@H](C)N)CC2. The lowest BCUT2D eigenvalue weighted by Crippen LogP contribution is -2.23. The first kappa shape index (κ1) is 12.2. The van der Waals surface area contributed by atoms with Crippen molar-refractivity contribution in [3.8, 4) is 17.0 Å². The molecule has 0 radical (unpaired) electrons. The molecule has 0 saturated carbocycles. The molecule has 1 heterocycles. The van der Waals surface area contributed by atoms with Gasteiger partial charge in [0.15, 0.2) is 0 Å². The molecule has 0 spiro atoms. The normalized spacial score (nSPS) is 14.7. The smallest absolute Gasteiger partial charge is 0.119 e. The molecule has 0 fully saturated rings. The van der Waals surface area contributed by atoms with Crippen LogP contribution < -0.4 is 10.5 Å². The number of hydrogen-bond acceptors (Lipinski definition) is 3. The summed E-state index contributed by atoms with van der Waals surface area (Å²) in [4.78, 5) is 0. The van der Waals surface area contributed by atoms with Crippen molar-refractivity contribution in [2.24, 2.45) is 5.73 Å². The van der Waals surface area contributed by atoms with Gasteiger partial charge in [0.1, 0.15) is 5.75 Å². The Morgan fingerprint density at radius 3 is 2.89 bits per heavy atom. The molecular weight excluding hydrogens is 238 g/mol. The molecule has 0 bridgehead atoms. The van der Waals surface area contributed by atoms with Gasteiger partial charge in [0.25, 0.3) is 0 Å². The molecule has 1 aromatic carbocycles. The van der Waals surface area contributed by atoms with Crippen LogP contribution in [0.2, 0.25) is 0 Å². The van der Waals surface area contributed by atoms with Crippen LogP contribution in [0.15, 0.2) is 24.4 Å². The van der Waals surface area contributed by atoms with Crippen molar-refractivity contribution in [3.63, 3.8) is 0 Å². The van der Waals surface area contributed by atoms with Crippen LogP contribution >= 0.6 is 0 Å². The predicted molar refractivity (Wildman–Crippen MR) is 75.3 cm³/mol. The van der Waals surface area contributed by atoms with Crippen LogP contribution in [0.5, 0.6) is 5.75 Å². The number of ether oxygens (including phenoxy) is 1. The standard InChI is InChI=1S/C15H19N3O/c1-10(16)9-18-15-12(8-17-18)4-3-11-5-6-13(19-2)7-14(11)15/h5-8,10H,3-4,9,16H2,1-2H3/t10-/m0/s1. The maximum atomic E-state index is 5.91. The summed E-state index contributed by atoms with van der Waals surface area (Å²) in [7, 11) is 1.70. The fourth-order valence-electron chi connectivity index (χ4n) is 2.72. The number of aryl methyl sites for hydroxylation is 2. The van der Waals surface area contributed by atoms with Gasteiger partial charge < -0.3 is 10.5 Å². The molecule has 0 unspecified atom stereocenters. The third-order valence-corrected chi connectivity index (χ3v) is 3.61. The zero-order chi connectivity index (χ0) is 13.4. The second-order valence-corrected chi connectivity index (χ2v) is 5.20. The lowest BCUT2D eigenvalue weighted by Gasteiger charge is -2.20. The average molecular weight is 257 g/mol. The molecule has 1 aliphatic rings. The van der Waals surface area contributed by atoms with Crippen molar-refractivity contribution in [1.29, 1.82) is 0 Å². The van der Waals surface area contributed by atoms with Crippen LogP contribution in [0.3, 0.4) is 0 Å². The quantitative estimate of drug-likeness (QED) is 0.915. The molecule has 4 heteroatoms. The van der Waals surface area contributed by atoms with Crippen molar-refractivity contribution in [2.45, 2.75) is 32.4 Å². The highest BCUT2D eigenvalue weighted by Gasteiger charge is 2.21. The molecular formula is C15H19N3O. The minimum Gasteiger partial charge on any atom is -0.497 e. The van der Waals surface area contributed by atoms with E-state index in [2.05, 4.69) is 17.2 Å². The van der Waals surface area contributed by atoms with Gasteiger partial charge in [0.05, 0.1) is 25.5 Å². The Kier molecular flexibility index (Phi) is 3.03. The Morgan fingerprint density at radius 2 is 2.16 bits per heavy atom. The largest absolute Gasteiger partial charge is 0.497 e. The maximum absolute atomic E-state index is 5.91. The Morgan fingerprint density at radius 1 is 1.37 bits per heavy atom. The minimum atomic E-state index is 0.0972. The van der Waals surface area contributed by atoms with E-state index in [1.54, 1.807) is 7.11 Å². The third kappa shape index (κ3) is 2.12. The van der Waals surface area contributed by atoms with E-state index in [9.17, 15) is 0 Å². The minimum absolute atomic E-state index is 0.0972. The number of nitrogens with zero attached hydrogens (tertiary/aromatic N) is 2. The third-order valence-electron chi connectivity index (χ3n) is 3.61. The summed E-state index contributed by atoms with van der Waals surface area (Å²) in [6.45, 7) is 2.75. The van der Waals surface area contributed by atoms with Gasteiger partial charge in [-0.25, -0.2) is 0 Å². The molecule has 1 aliphatic carbocycles. The topological polar surface area (TPSA) is 53.1 Å². The molecule has 4 nitrogen and oxygen atoms in total. The van der Waals surface area contributed by atoms with Crippen LogP contribution in [0, 0.1) is 0 Å². The number of aromatic nitrogens is 2. The molecule has 3 rings (SSSR count). The summed E-state index contributed by atoms with van der Waals surface area (Å²) in [5, 5.41) is 4.49. The van der Waals surface area contributed by atoms with E-state index in [4.69, 9.17) is 10.5 Å². The molecule has 1 aromatic heterocycles. The lowest BCUT2D eigenvalue weighted by atomic mass is 9.90. The highest BCUT2D eigenvalue weighted by Crippen LogP contribution is 2.35. The van der Waals surface area contributed by atoms with E-state index in [0.29, 0.717) is 0 Å². The zero-order valence-electron chi connectivity index (χ0n) is 11.4. The summed E-state index contributed by atoms with van der Waals surface area (Å²) < 4.78 is 7.36. The van der Waals surface area contributed by atoms with Crippen LogP contribution in [-0.2, 0) is 19.4 Å². The van der Waals surface area contributed by atoms with E-state index >= 15 is 0 Å². The Bertz CT molecular complexity index is 601. The van der Waals surface area contributed by atoms with Crippen molar-refractivity contribution < 1.29 is 4.74 Å². The van der Waals surface area contributed by atoms with Crippen LogP contribution in [0.4, 0.5) is 0 Å². The second kappa shape index (κ2) is 4.70. The van der Waals surface area contributed by atoms with Crippen molar-refractivity contribution >= 4 is 0 Å². The van der Waals surface area contributed by atoms with Gasteiger partial charge in [-0.3, -0.25) is 4.68 Å². The van der Waals surface area contributed by atoms with E-state index < -0.39 is 0 Å². The first-order valence-electron chi connectivity index (χ1n) is 6.66. The van der Waals surface area contributed by atoms with Crippen molar-refractivity contribution in [1.82, 2.24) is 9.78 Å². The fraction of sp³-hybridized carbons (Fsp3) is 0.400. The summed E-state index contributed by atoms with van der Waals surface area (Å²) in [6.07, 6.45) is 4.09. The van der Waals surface area contributed by atoms with Gasteiger partial charge in [0.2, 0.25) is 0 Å². The predicted octanol–water partition coefficient (Wildman–Crippen LogP) is 2.00. The first-order chi connectivity index (χ1) is 9.19. The summed E-state index contributed by atoms with van der Waals surface area (Å²) in [6, 6.07) is 6.38. The van der Waals surface area contributed by atoms with Crippen LogP contribution in [0.1, 0.15) is 18.1 Å². The summed E-state index contributed by atoms with van der Waals surface area (Å²) in [5.74, 6) is 0.889. The van der Waals surface area contributed by atoms with Crippen molar-refractivity contribution in [3.05, 3.63) is 35.5 Å². The van der Waals surface area contributed by atoms with Gasteiger partial charge in [0, 0.05) is 11.6 Å². The number of rotatable bonds is 3. The Labute approximate surface area is 113 Å². The highest BCUT2D eigenvalue weighted by atomic mass is 16.5. The van der Waals surface area contributed by atoms with Gasteiger partial charge in [-0.15, -0.1) is 0 Å². The molecule has 0 saturated heterocycles. The molecule has 1 atom stereocenters. The molecule has 0 amide bonds. The van der Waals surface area contributed by atoms with Gasteiger partial charge in [-0.1, -0.05) is 6.07 Å². The van der Waals surface area contributed by atoms with E-state index in [1.165, 1.54) is 22.4 Å². The van der Waals surface area contributed by atoms with Gasteiger partial charge in [-0.05, 0) is 43.0 Å². The van der Waals surface area contributed by atoms with E-state index in [1.807, 2.05) is 23.9 Å². The van der Waals surface area contributed by atoms with Crippen LogP contribution in [-0.4, -0.2) is 22.9 Å². The number of methoxy groups -OCH3 is 1. The summed E-state index contributed by atoms with van der Waals surface area (Å²) in [5.41, 5.74) is 11.0. The Hall–Kier alpha value is -1.81. The van der Waals surface area contributed by atoms with Gasteiger partial charge in [-0.2, -0.15) is 5.10 Å². The monoisotopic (exact) mass is 257 g/mol. The molecule has 0 aliphatic heterocycles. The Balaban J connectivity index is 2.12. The number of fused-ring (bicyclic) bond motifs is 3. The molecule has 2 N–H and O–H groups in total. The second-order valence-electron chi connectivity index (χ2n) is 5.20. The summed E-state index contributed by atoms with van der Waals surface area (Å²) >= 11 is 0. The van der Waals surface area contributed by atoms with Crippen LogP contribution in [0.25, 0.3) is 11.3 Å². The average Bonchev–Trinajstić information content (AvgIpc) is 2.81. The number of nitrogens with two attached hydrogens (primary N) is 1. The first-order valence-corrected chi connectivity index (χ1v) is 6.66. The molecule has 19 heavy (non-hydrogen) atoms. The van der Waals surface area contributed by atoms with E-state index in [-0.39, 0.29) is 6.04 Å². The number of hydrogen-bond donors (Lipinski definition) is 1. The fourth-order valence-corrected chi connectivity index (χ4v) is 2.72. The zero-order valence-corrected chi connectivity index (χ0v) is 11.4. The van der Waals surface area contributed by atoms with Gasteiger partial charge >= 0.3 is 0 Å². The maximum Gasteiger partial charge on any atom is 0.119 e. The molecule has 2 aromatic rings. The van der Waals surface area contributed by atoms with E-state index in [0.717, 1.165) is 25.1 Å². The highest BCUT2D eigenvalue weighted by molar-refractivity contribution is 5.71. The number of benzene rings is 1. The molecule has 100 valence electrons. The van der Waals surface area contributed by atoms with Crippen molar-refractivity contribution in [2.75, 3.05) is 7.11 Å².